The first kappa shape index (κ1) is 14.5. The van der Waals surface area contributed by atoms with Crippen LogP contribution >= 0.6 is 0 Å². The Balaban J connectivity index is 2.24. The summed E-state index contributed by atoms with van der Waals surface area (Å²) in [6.45, 7) is 9.15. The monoisotopic (exact) mass is 241 g/mol. The normalized spacial score (nSPS) is 30.2. The van der Waals surface area contributed by atoms with E-state index in [2.05, 4.69) is 36.4 Å². The van der Waals surface area contributed by atoms with Crippen molar-refractivity contribution in [3.05, 3.63) is 0 Å². The van der Waals surface area contributed by atoms with E-state index in [1.54, 1.807) is 0 Å². The zero-order valence-electron chi connectivity index (χ0n) is 11.6. The molecule has 1 fully saturated rings. The highest BCUT2D eigenvalue weighted by molar-refractivity contribution is 5.75. The average Bonchev–Trinajstić information content (AvgIpc) is 2.26. The van der Waals surface area contributed by atoms with E-state index < -0.39 is 0 Å². The molecule has 0 aromatic heterocycles. The number of nitrogens with zero attached hydrogens (tertiary/aromatic N) is 1. The molecule has 4 heteroatoms. The maximum atomic E-state index is 11.3. The van der Waals surface area contributed by atoms with Gasteiger partial charge in [0.2, 0.25) is 5.91 Å². The smallest absolute Gasteiger partial charge is 0.221 e. The Bertz CT molecular complexity index is 245. The van der Waals surface area contributed by atoms with Gasteiger partial charge in [0.25, 0.3) is 0 Å². The number of carbonyl (C=O) groups is 1. The zero-order valence-corrected chi connectivity index (χ0v) is 11.6. The summed E-state index contributed by atoms with van der Waals surface area (Å²) in [7, 11) is 2.19. The second-order valence-corrected chi connectivity index (χ2v) is 5.27. The minimum Gasteiger partial charge on any atom is -0.356 e. The summed E-state index contributed by atoms with van der Waals surface area (Å²) >= 11 is 0. The lowest BCUT2D eigenvalue weighted by Gasteiger charge is -2.40. The van der Waals surface area contributed by atoms with Crippen molar-refractivity contribution in [2.75, 3.05) is 26.7 Å². The fourth-order valence-corrected chi connectivity index (χ4v) is 2.48. The summed E-state index contributed by atoms with van der Waals surface area (Å²) in [5, 5.41) is 6.35. The fraction of sp³-hybridized carbons (Fsp3) is 0.923. The molecule has 0 aliphatic carbocycles. The van der Waals surface area contributed by atoms with Gasteiger partial charge in [-0.05, 0) is 33.2 Å². The summed E-state index contributed by atoms with van der Waals surface area (Å²) in [6.07, 6.45) is 1.76. The van der Waals surface area contributed by atoms with E-state index in [4.69, 9.17) is 0 Å². The zero-order chi connectivity index (χ0) is 12.8. The first-order chi connectivity index (χ1) is 8.04. The molecule has 1 amide bonds. The molecule has 0 spiro atoms. The number of hydrogen-bond donors (Lipinski definition) is 2. The number of nitrogens with one attached hydrogen (secondary N) is 2. The van der Waals surface area contributed by atoms with Crippen LogP contribution in [0.4, 0.5) is 0 Å². The van der Waals surface area contributed by atoms with E-state index >= 15 is 0 Å². The lowest BCUT2D eigenvalue weighted by Crippen LogP contribution is -2.51. The van der Waals surface area contributed by atoms with E-state index in [9.17, 15) is 4.79 Å². The van der Waals surface area contributed by atoms with Gasteiger partial charge in [-0.3, -0.25) is 4.79 Å². The molecule has 1 rings (SSSR count). The number of hydrogen-bond acceptors (Lipinski definition) is 3. The molecule has 100 valence electrons. The summed E-state index contributed by atoms with van der Waals surface area (Å²) in [5.41, 5.74) is 0. The van der Waals surface area contributed by atoms with Crippen LogP contribution < -0.4 is 10.6 Å². The quantitative estimate of drug-likeness (QED) is 0.749. The lowest BCUT2D eigenvalue weighted by atomic mass is 9.90. The van der Waals surface area contributed by atoms with Crippen molar-refractivity contribution < 1.29 is 4.79 Å². The number of carbonyl (C=O) groups excluding carboxylic acids is 1. The molecule has 4 nitrogen and oxygen atoms in total. The van der Waals surface area contributed by atoms with Crippen LogP contribution in [-0.4, -0.2) is 49.6 Å². The highest BCUT2D eigenvalue weighted by Gasteiger charge is 2.28. The van der Waals surface area contributed by atoms with Gasteiger partial charge in [0.15, 0.2) is 0 Å². The molecule has 3 atom stereocenters. The summed E-state index contributed by atoms with van der Waals surface area (Å²) < 4.78 is 0. The van der Waals surface area contributed by atoms with Crippen LogP contribution in [0.25, 0.3) is 0 Å². The molecule has 1 aliphatic rings. The van der Waals surface area contributed by atoms with Crippen molar-refractivity contribution >= 4 is 5.91 Å². The molecule has 0 saturated carbocycles. The summed E-state index contributed by atoms with van der Waals surface area (Å²) in [5.74, 6) is 0.805. The number of piperidine rings is 1. The lowest BCUT2D eigenvalue weighted by molar-refractivity contribution is -0.120. The van der Waals surface area contributed by atoms with E-state index in [1.807, 2.05) is 6.92 Å². The fourth-order valence-electron chi connectivity index (χ4n) is 2.48. The molecule has 1 saturated heterocycles. The van der Waals surface area contributed by atoms with Gasteiger partial charge in [-0.2, -0.15) is 0 Å². The molecule has 0 bridgehead atoms. The molecule has 3 unspecified atom stereocenters. The Labute approximate surface area is 105 Å². The minimum atomic E-state index is 0.147. The molecule has 0 aromatic rings. The van der Waals surface area contributed by atoms with E-state index in [1.165, 1.54) is 6.42 Å². The number of rotatable bonds is 5. The van der Waals surface area contributed by atoms with Crippen LogP contribution in [0, 0.1) is 5.92 Å². The molecule has 2 N–H and O–H groups in total. The van der Waals surface area contributed by atoms with Crippen molar-refractivity contribution in [2.45, 2.75) is 45.7 Å². The Kier molecular flexibility index (Phi) is 5.92. The van der Waals surface area contributed by atoms with Crippen molar-refractivity contribution in [2.24, 2.45) is 5.92 Å². The first-order valence-electron chi connectivity index (χ1n) is 6.74. The Morgan fingerprint density at radius 1 is 1.41 bits per heavy atom. The van der Waals surface area contributed by atoms with Crippen LogP contribution in [0.5, 0.6) is 0 Å². The van der Waals surface area contributed by atoms with Crippen LogP contribution in [0.1, 0.15) is 33.6 Å². The molecular formula is C13H27N3O. The van der Waals surface area contributed by atoms with Gasteiger partial charge >= 0.3 is 0 Å². The highest BCUT2D eigenvalue weighted by atomic mass is 16.1. The third-order valence-corrected chi connectivity index (χ3v) is 3.74. The van der Waals surface area contributed by atoms with Gasteiger partial charge in [0.05, 0.1) is 0 Å². The topological polar surface area (TPSA) is 44.4 Å². The van der Waals surface area contributed by atoms with Crippen molar-refractivity contribution in [1.29, 1.82) is 0 Å². The van der Waals surface area contributed by atoms with Gasteiger partial charge < -0.3 is 15.5 Å². The third kappa shape index (κ3) is 4.64. The number of amides is 1. The minimum absolute atomic E-state index is 0.147. The molecular weight excluding hydrogens is 214 g/mol. The SMILES string of the molecule is CCNC(=O)CCNC1CC(C)N(C)CC1C. The maximum Gasteiger partial charge on any atom is 0.221 e. The maximum absolute atomic E-state index is 11.3. The largest absolute Gasteiger partial charge is 0.356 e. The standard InChI is InChI=1S/C13H27N3O/c1-5-14-13(17)6-7-15-12-8-11(3)16(4)9-10(12)2/h10-12,15H,5-9H2,1-4H3,(H,14,17). The van der Waals surface area contributed by atoms with Gasteiger partial charge in [-0.1, -0.05) is 6.92 Å². The molecule has 1 aliphatic heterocycles. The van der Waals surface area contributed by atoms with Crippen LogP contribution in [0.3, 0.4) is 0 Å². The van der Waals surface area contributed by atoms with Crippen LogP contribution in [0.2, 0.25) is 0 Å². The Hall–Kier alpha value is -0.610. The predicted octanol–water partition coefficient (Wildman–Crippen LogP) is 0.831. The Morgan fingerprint density at radius 2 is 2.12 bits per heavy atom. The van der Waals surface area contributed by atoms with E-state index in [0.29, 0.717) is 24.4 Å². The molecule has 0 aromatic carbocycles. The van der Waals surface area contributed by atoms with Crippen molar-refractivity contribution in [1.82, 2.24) is 15.5 Å². The number of likely N-dealkylation sites (tertiary alicyclic amines) is 1. The van der Waals surface area contributed by atoms with E-state index in [-0.39, 0.29) is 5.91 Å². The molecule has 17 heavy (non-hydrogen) atoms. The van der Waals surface area contributed by atoms with Gasteiger partial charge in [-0.25, -0.2) is 0 Å². The Morgan fingerprint density at radius 3 is 2.76 bits per heavy atom. The first-order valence-corrected chi connectivity index (χ1v) is 6.74. The second kappa shape index (κ2) is 6.97. The summed E-state index contributed by atoms with van der Waals surface area (Å²) in [6, 6.07) is 1.18. The van der Waals surface area contributed by atoms with Crippen LogP contribution in [0.15, 0.2) is 0 Å². The van der Waals surface area contributed by atoms with Gasteiger partial charge in [0, 0.05) is 38.1 Å². The van der Waals surface area contributed by atoms with Crippen molar-refractivity contribution in [3.63, 3.8) is 0 Å². The summed E-state index contributed by atoms with van der Waals surface area (Å²) in [4.78, 5) is 13.7. The van der Waals surface area contributed by atoms with Crippen LogP contribution in [-0.2, 0) is 4.79 Å². The van der Waals surface area contributed by atoms with Gasteiger partial charge in [0.1, 0.15) is 0 Å². The highest BCUT2D eigenvalue weighted by Crippen LogP contribution is 2.20. The van der Waals surface area contributed by atoms with Gasteiger partial charge in [-0.15, -0.1) is 0 Å². The molecule has 0 radical (unpaired) electrons. The molecule has 1 heterocycles. The third-order valence-electron chi connectivity index (χ3n) is 3.74. The van der Waals surface area contributed by atoms with Crippen molar-refractivity contribution in [3.8, 4) is 0 Å². The average molecular weight is 241 g/mol. The second-order valence-electron chi connectivity index (χ2n) is 5.27. The predicted molar refractivity (Wildman–Crippen MR) is 71.0 cm³/mol. The van der Waals surface area contributed by atoms with E-state index in [0.717, 1.165) is 19.6 Å².